The van der Waals surface area contributed by atoms with Crippen LogP contribution in [0.3, 0.4) is 0 Å². The maximum atomic E-state index is 11.1. The highest BCUT2D eigenvalue weighted by Gasteiger charge is 2.28. The fourth-order valence-corrected chi connectivity index (χ4v) is 2.85. The fourth-order valence-electron chi connectivity index (χ4n) is 2.85. The van der Waals surface area contributed by atoms with Crippen LogP contribution in [0.25, 0.3) is 0 Å². The minimum absolute atomic E-state index is 0.0270. The summed E-state index contributed by atoms with van der Waals surface area (Å²) >= 11 is 0. The molecule has 0 aliphatic carbocycles. The van der Waals surface area contributed by atoms with Crippen LogP contribution in [0.5, 0.6) is 0 Å². The van der Waals surface area contributed by atoms with Gasteiger partial charge in [0.1, 0.15) is 0 Å². The Labute approximate surface area is 121 Å². The van der Waals surface area contributed by atoms with Gasteiger partial charge in [-0.3, -0.25) is 15.0 Å². The van der Waals surface area contributed by atoms with Gasteiger partial charge in [0.25, 0.3) is 5.69 Å². The smallest absolute Gasteiger partial charge is 0.271 e. The van der Waals surface area contributed by atoms with E-state index in [0.717, 1.165) is 31.5 Å². The second kappa shape index (κ2) is 5.47. The number of fused-ring (bicyclic) bond motifs is 1. The van der Waals surface area contributed by atoms with Gasteiger partial charge in [-0.2, -0.15) is 0 Å². The lowest BCUT2D eigenvalue weighted by Crippen LogP contribution is -2.43. The minimum Gasteiger partial charge on any atom is -0.369 e. The van der Waals surface area contributed by atoms with Crippen molar-refractivity contribution < 1.29 is 15.1 Å². The molecule has 1 aromatic rings. The van der Waals surface area contributed by atoms with Crippen LogP contribution in [0.4, 0.5) is 17.1 Å². The number of nitrogens with one attached hydrogen (secondary N) is 2. The first-order valence-electron chi connectivity index (χ1n) is 6.97. The molecule has 4 N–H and O–H groups in total. The molecule has 2 unspecified atom stereocenters. The predicted octanol–water partition coefficient (Wildman–Crippen LogP) is 0.665. The molecule has 8 heteroatoms. The van der Waals surface area contributed by atoms with Crippen molar-refractivity contribution in [2.75, 3.05) is 23.7 Å². The van der Waals surface area contributed by atoms with Gasteiger partial charge in [-0.15, -0.1) is 0 Å². The van der Waals surface area contributed by atoms with Gasteiger partial charge in [0.05, 0.1) is 16.3 Å². The highest BCUT2D eigenvalue weighted by molar-refractivity contribution is 5.78. The van der Waals surface area contributed by atoms with Crippen molar-refractivity contribution in [1.29, 1.82) is 0 Å². The van der Waals surface area contributed by atoms with E-state index in [1.54, 1.807) is 0 Å². The first-order valence-corrected chi connectivity index (χ1v) is 6.97. The summed E-state index contributed by atoms with van der Waals surface area (Å²) < 4.78 is 0. The summed E-state index contributed by atoms with van der Waals surface area (Å²) in [7, 11) is 0. The summed E-state index contributed by atoms with van der Waals surface area (Å²) in [4.78, 5) is 12.8. The molecule has 3 rings (SSSR count). The third-order valence-corrected chi connectivity index (χ3v) is 3.90. The number of hydrogen-bond donors (Lipinski definition) is 4. The molecule has 0 aromatic heterocycles. The first kappa shape index (κ1) is 14.1. The Morgan fingerprint density at radius 2 is 1.90 bits per heavy atom. The van der Waals surface area contributed by atoms with E-state index >= 15 is 0 Å². The molecular weight excluding hydrogens is 276 g/mol. The van der Waals surface area contributed by atoms with E-state index in [4.69, 9.17) is 0 Å². The molecule has 21 heavy (non-hydrogen) atoms. The maximum absolute atomic E-state index is 11.1. The number of benzene rings is 1. The lowest BCUT2D eigenvalue weighted by Gasteiger charge is -2.31. The molecule has 2 aliphatic rings. The number of likely N-dealkylation sites (tertiary alicyclic amines) is 1. The Hall–Kier alpha value is -1.90. The van der Waals surface area contributed by atoms with E-state index in [0.29, 0.717) is 17.9 Å². The van der Waals surface area contributed by atoms with Gasteiger partial charge < -0.3 is 20.8 Å². The topological polar surface area (TPSA) is 111 Å². The van der Waals surface area contributed by atoms with Gasteiger partial charge >= 0.3 is 0 Å². The third-order valence-electron chi connectivity index (χ3n) is 3.90. The molecular formula is C13H18N4O4. The standard InChI is InChI=1S/C13H18N4O4/c18-12-13(19)15-11-8(7-16-3-1-2-4-16)5-9(17(20)21)6-10(11)14-12/h5-6,12-15,18-19H,1-4,7H2. The van der Waals surface area contributed by atoms with E-state index in [1.807, 2.05) is 0 Å². The lowest BCUT2D eigenvalue weighted by atomic mass is 10.1. The molecule has 0 spiro atoms. The molecule has 2 heterocycles. The van der Waals surface area contributed by atoms with Crippen molar-refractivity contribution >= 4 is 17.1 Å². The van der Waals surface area contributed by atoms with Crippen molar-refractivity contribution in [3.63, 3.8) is 0 Å². The number of nitrogens with zero attached hydrogens (tertiary/aromatic N) is 2. The molecule has 0 bridgehead atoms. The number of aliphatic hydroxyl groups excluding tert-OH is 2. The molecule has 2 aliphatic heterocycles. The molecule has 1 saturated heterocycles. The van der Waals surface area contributed by atoms with Crippen molar-refractivity contribution in [3.8, 4) is 0 Å². The van der Waals surface area contributed by atoms with Crippen LogP contribution in [0.2, 0.25) is 0 Å². The van der Waals surface area contributed by atoms with Crippen molar-refractivity contribution in [2.24, 2.45) is 0 Å². The zero-order chi connectivity index (χ0) is 15.0. The van der Waals surface area contributed by atoms with Gasteiger partial charge in [0.15, 0.2) is 12.5 Å². The van der Waals surface area contributed by atoms with Crippen LogP contribution in [-0.2, 0) is 6.54 Å². The average Bonchev–Trinajstić information content (AvgIpc) is 2.93. The van der Waals surface area contributed by atoms with Gasteiger partial charge in [0.2, 0.25) is 0 Å². The quantitative estimate of drug-likeness (QED) is 0.479. The fraction of sp³-hybridized carbons (Fsp3) is 0.538. The van der Waals surface area contributed by atoms with Crippen molar-refractivity contribution in [3.05, 3.63) is 27.8 Å². The van der Waals surface area contributed by atoms with Crippen molar-refractivity contribution in [1.82, 2.24) is 4.90 Å². The summed E-state index contributed by atoms with van der Waals surface area (Å²) in [5, 5.41) is 35.9. The van der Waals surface area contributed by atoms with Crippen LogP contribution in [0.1, 0.15) is 18.4 Å². The number of non-ortho nitro benzene ring substituents is 1. The van der Waals surface area contributed by atoms with Gasteiger partial charge in [-0.05, 0) is 31.5 Å². The predicted molar refractivity (Wildman–Crippen MR) is 76.9 cm³/mol. The van der Waals surface area contributed by atoms with Gasteiger partial charge in [-0.25, -0.2) is 0 Å². The van der Waals surface area contributed by atoms with Crippen LogP contribution >= 0.6 is 0 Å². The second-order valence-electron chi connectivity index (χ2n) is 5.45. The molecule has 0 amide bonds. The first-order chi connectivity index (χ1) is 10.0. The molecule has 1 fully saturated rings. The maximum Gasteiger partial charge on any atom is 0.271 e. The molecule has 0 saturated carbocycles. The van der Waals surface area contributed by atoms with Gasteiger partial charge in [0, 0.05) is 18.7 Å². The van der Waals surface area contributed by atoms with Gasteiger partial charge in [-0.1, -0.05) is 0 Å². The lowest BCUT2D eigenvalue weighted by molar-refractivity contribution is -0.384. The number of anilines is 2. The zero-order valence-electron chi connectivity index (χ0n) is 11.5. The molecule has 8 nitrogen and oxygen atoms in total. The third kappa shape index (κ3) is 2.78. The van der Waals surface area contributed by atoms with Crippen LogP contribution in [-0.4, -0.2) is 45.6 Å². The SMILES string of the molecule is O=[N+]([O-])c1cc(CN2CCCC2)c2c(c1)NC(O)C(O)N2. The summed E-state index contributed by atoms with van der Waals surface area (Å²) in [6.45, 7) is 2.52. The molecule has 114 valence electrons. The molecule has 1 aromatic carbocycles. The molecule has 0 radical (unpaired) electrons. The van der Waals surface area contributed by atoms with Crippen LogP contribution in [0, 0.1) is 10.1 Å². The summed E-state index contributed by atoms with van der Waals surface area (Å²) in [6.07, 6.45) is -0.0794. The number of rotatable bonds is 3. The Balaban J connectivity index is 1.97. The second-order valence-corrected chi connectivity index (χ2v) is 5.45. The zero-order valence-corrected chi connectivity index (χ0v) is 11.5. The number of hydrogen-bond acceptors (Lipinski definition) is 7. The Morgan fingerprint density at radius 1 is 1.24 bits per heavy atom. The number of aliphatic hydroxyl groups is 2. The molecule has 2 atom stereocenters. The van der Waals surface area contributed by atoms with Crippen molar-refractivity contribution in [2.45, 2.75) is 31.8 Å². The largest absolute Gasteiger partial charge is 0.369 e. The highest BCUT2D eigenvalue weighted by Crippen LogP contribution is 2.36. The normalized spacial score (nSPS) is 25.0. The van der Waals surface area contributed by atoms with Crippen LogP contribution < -0.4 is 10.6 Å². The Kier molecular flexibility index (Phi) is 3.66. The van der Waals surface area contributed by atoms with E-state index < -0.39 is 17.4 Å². The minimum atomic E-state index is -1.20. The summed E-state index contributed by atoms with van der Waals surface area (Å²) in [5.74, 6) is 0. The Bertz CT molecular complexity index is 559. The highest BCUT2D eigenvalue weighted by atomic mass is 16.6. The summed E-state index contributed by atoms with van der Waals surface area (Å²) in [5.41, 5.74) is 1.78. The summed E-state index contributed by atoms with van der Waals surface area (Å²) in [6, 6.07) is 2.89. The Morgan fingerprint density at radius 3 is 2.57 bits per heavy atom. The van der Waals surface area contributed by atoms with E-state index in [2.05, 4.69) is 15.5 Å². The van der Waals surface area contributed by atoms with E-state index in [-0.39, 0.29) is 5.69 Å². The van der Waals surface area contributed by atoms with E-state index in [1.165, 1.54) is 12.1 Å². The van der Waals surface area contributed by atoms with Crippen LogP contribution in [0.15, 0.2) is 12.1 Å². The monoisotopic (exact) mass is 294 g/mol. The van der Waals surface area contributed by atoms with E-state index in [9.17, 15) is 20.3 Å². The number of nitro groups is 1. The average molecular weight is 294 g/mol. The number of nitro benzene ring substituents is 1.